The Morgan fingerprint density at radius 3 is 2.45 bits per heavy atom. The van der Waals surface area contributed by atoms with E-state index in [2.05, 4.69) is 38.2 Å². The first-order valence-electron chi connectivity index (χ1n) is 7.86. The molecule has 0 amide bonds. The largest absolute Gasteiger partial charge is 0.493 e. The third-order valence-corrected chi connectivity index (χ3v) is 3.03. The van der Waals surface area contributed by atoms with Crippen molar-refractivity contribution in [2.45, 2.75) is 46.1 Å². The lowest BCUT2D eigenvalue weighted by atomic mass is 10.1. The van der Waals surface area contributed by atoms with E-state index in [1.165, 1.54) is 5.56 Å². The highest BCUT2D eigenvalue weighted by molar-refractivity contribution is 5.36. The van der Waals surface area contributed by atoms with Gasteiger partial charge in [-0.05, 0) is 31.9 Å². The van der Waals surface area contributed by atoms with Crippen molar-refractivity contribution < 1.29 is 9.47 Å². The van der Waals surface area contributed by atoms with E-state index in [4.69, 9.17) is 9.47 Å². The Balaban J connectivity index is 2.76. The zero-order valence-corrected chi connectivity index (χ0v) is 13.2. The third-order valence-electron chi connectivity index (χ3n) is 3.03. The topological polar surface area (TPSA) is 30.5 Å². The Labute approximate surface area is 123 Å². The van der Waals surface area contributed by atoms with Gasteiger partial charge in [0.2, 0.25) is 0 Å². The maximum Gasteiger partial charge on any atom is 0.124 e. The maximum absolute atomic E-state index is 5.86. The molecule has 1 aromatic carbocycles. The van der Waals surface area contributed by atoms with Gasteiger partial charge in [0.15, 0.2) is 0 Å². The molecule has 0 spiro atoms. The van der Waals surface area contributed by atoms with Crippen LogP contribution in [0.1, 0.15) is 51.6 Å². The highest BCUT2D eigenvalue weighted by atomic mass is 16.5. The van der Waals surface area contributed by atoms with E-state index in [1.807, 2.05) is 12.1 Å². The average Bonchev–Trinajstić information content (AvgIpc) is 2.49. The van der Waals surface area contributed by atoms with Crippen molar-refractivity contribution in [1.82, 2.24) is 5.32 Å². The molecular formula is C17H29NO2. The van der Waals surface area contributed by atoms with E-state index in [0.717, 1.165) is 44.8 Å². The molecule has 0 saturated carbocycles. The van der Waals surface area contributed by atoms with Gasteiger partial charge in [0.1, 0.15) is 5.75 Å². The van der Waals surface area contributed by atoms with E-state index in [1.54, 1.807) is 0 Å². The first kappa shape index (κ1) is 17.0. The van der Waals surface area contributed by atoms with E-state index in [-0.39, 0.29) is 6.04 Å². The first-order valence-corrected chi connectivity index (χ1v) is 7.86. The number of ether oxygens (including phenoxy) is 2. The molecule has 1 aromatic rings. The Morgan fingerprint density at radius 2 is 1.75 bits per heavy atom. The van der Waals surface area contributed by atoms with Gasteiger partial charge in [-0.25, -0.2) is 0 Å². The van der Waals surface area contributed by atoms with E-state index in [0.29, 0.717) is 6.61 Å². The van der Waals surface area contributed by atoms with Crippen molar-refractivity contribution in [3.8, 4) is 5.75 Å². The van der Waals surface area contributed by atoms with Crippen molar-refractivity contribution in [3.05, 3.63) is 29.8 Å². The molecule has 1 N–H and O–H groups in total. The van der Waals surface area contributed by atoms with Crippen LogP contribution in [0.4, 0.5) is 0 Å². The van der Waals surface area contributed by atoms with Crippen LogP contribution in [0, 0.1) is 0 Å². The molecule has 1 rings (SSSR count). The molecule has 3 heteroatoms. The summed E-state index contributed by atoms with van der Waals surface area (Å²) in [5.41, 5.74) is 1.20. The Kier molecular flexibility index (Phi) is 9.09. The standard InChI is InChI=1S/C17H29NO2/c1-4-11-18-16(14-19-12-5-2)15-9-7-8-10-17(15)20-13-6-3/h7-10,16,18H,4-6,11-14H2,1-3H3. The summed E-state index contributed by atoms with van der Waals surface area (Å²) in [5, 5.41) is 3.56. The summed E-state index contributed by atoms with van der Waals surface area (Å²) in [6.07, 6.45) is 3.18. The van der Waals surface area contributed by atoms with Gasteiger partial charge in [-0.2, -0.15) is 0 Å². The highest BCUT2D eigenvalue weighted by Gasteiger charge is 2.15. The van der Waals surface area contributed by atoms with Crippen molar-refractivity contribution >= 4 is 0 Å². The van der Waals surface area contributed by atoms with Crippen LogP contribution < -0.4 is 10.1 Å². The van der Waals surface area contributed by atoms with Crippen molar-refractivity contribution in [1.29, 1.82) is 0 Å². The molecule has 0 aliphatic rings. The van der Waals surface area contributed by atoms with Crippen molar-refractivity contribution in [3.63, 3.8) is 0 Å². The van der Waals surface area contributed by atoms with Crippen LogP contribution in [-0.2, 0) is 4.74 Å². The number of hydrogen-bond acceptors (Lipinski definition) is 3. The minimum atomic E-state index is 0.203. The molecule has 1 atom stereocenters. The van der Waals surface area contributed by atoms with Gasteiger partial charge >= 0.3 is 0 Å². The summed E-state index contributed by atoms with van der Waals surface area (Å²) in [7, 11) is 0. The summed E-state index contributed by atoms with van der Waals surface area (Å²) >= 11 is 0. The molecule has 0 heterocycles. The number of para-hydroxylation sites is 1. The van der Waals surface area contributed by atoms with Gasteiger partial charge in [-0.1, -0.05) is 39.0 Å². The summed E-state index contributed by atoms with van der Waals surface area (Å²) in [6.45, 7) is 9.68. The smallest absolute Gasteiger partial charge is 0.124 e. The molecule has 0 aliphatic heterocycles. The van der Waals surface area contributed by atoms with Crippen LogP contribution in [0.15, 0.2) is 24.3 Å². The lowest BCUT2D eigenvalue weighted by Crippen LogP contribution is -2.27. The SMILES string of the molecule is CCCNC(COCCC)c1ccccc1OCCC. The van der Waals surface area contributed by atoms with Gasteiger partial charge in [0.25, 0.3) is 0 Å². The molecule has 20 heavy (non-hydrogen) atoms. The predicted molar refractivity (Wildman–Crippen MR) is 84.4 cm³/mol. The van der Waals surface area contributed by atoms with Crippen LogP contribution in [0.25, 0.3) is 0 Å². The van der Waals surface area contributed by atoms with Crippen LogP contribution in [-0.4, -0.2) is 26.4 Å². The molecule has 114 valence electrons. The number of hydrogen-bond donors (Lipinski definition) is 1. The average molecular weight is 279 g/mol. The first-order chi connectivity index (χ1) is 9.83. The molecule has 0 bridgehead atoms. The number of rotatable bonds is 11. The Hall–Kier alpha value is -1.06. The fourth-order valence-electron chi connectivity index (χ4n) is 2.03. The second-order valence-electron chi connectivity index (χ2n) is 4.97. The summed E-state index contributed by atoms with van der Waals surface area (Å²) in [6, 6.07) is 8.47. The fraction of sp³-hybridized carbons (Fsp3) is 0.647. The molecule has 0 radical (unpaired) electrons. The van der Waals surface area contributed by atoms with Crippen LogP contribution >= 0.6 is 0 Å². The number of nitrogens with one attached hydrogen (secondary N) is 1. The van der Waals surface area contributed by atoms with Crippen LogP contribution in [0.5, 0.6) is 5.75 Å². The van der Waals surface area contributed by atoms with Gasteiger partial charge in [-0.15, -0.1) is 0 Å². The van der Waals surface area contributed by atoms with Crippen molar-refractivity contribution in [2.75, 3.05) is 26.4 Å². The van der Waals surface area contributed by atoms with Crippen LogP contribution in [0.2, 0.25) is 0 Å². The molecule has 0 aliphatic carbocycles. The molecule has 0 aromatic heterocycles. The summed E-state index contributed by atoms with van der Waals surface area (Å²) in [4.78, 5) is 0. The third kappa shape index (κ3) is 5.93. The Morgan fingerprint density at radius 1 is 1.00 bits per heavy atom. The normalized spacial score (nSPS) is 12.3. The minimum Gasteiger partial charge on any atom is -0.493 e. The lowest BCUT2D eigenvalue weighted by Gasteiger charge is -2.22. The van der Waals surface area contributed by atoms with Crippen LogP contribution in [0.3, 0.4) is 0 Å². The zero-order chi connectivity index (χ0) is 14.6. The second kappa shape index (κ2) is 10.7. The van der Waals surface area contributed by atoms with E-state index < -0.39 is 0 Å². The van der Waals surface area contributed by atoms with Crippen molar-refractivity contribution in [2.24, 2.45) is 0 Å². The summed E-state index contributed by atoms with van der Waals surface area (Å²) in [5.74, 6) is 0.975. The van der Waals surface area contributed by atoms with E-state index >= 15 is 0 Å². The summed E-state index contributed by atoms with van der Waals surface area (Å²) < 4.78 is 11.6. The molecule has 0 fully saturated rings. The number of benzene rings is 1. The Bertz CT molecular complexity index is 355. The zero-order valence-electron chi connectivity index (χ0n) is 13.2. The second-order valence-corrected chi connectivity index (χ2v) is 4.97. The molecule has 3 nitrogen and oxygen atoms in total. The molecule has 1 unspecified atom stereocenters. The lowest BCUT2D eigenvalue weighted by molar-refractivity contribution is 0.111. The highest BCUT2D eigenvalue weighted by Crippen LogP contribution is 2.25. The minimum absolute atomic E-state index is 0.203. The molecular weight excluding hydrogens is 250 g/mol. The van der Waals surface area contributed by atoms with Gasteiger partial charge < -0.3 is 14.8 Å². The van der Waals surface area contributed by atoms with Gasteiger partial charge in [-0.3, -0.25) is 0 Å². The van der Waals surface area contributed by atoms with E-state index in [9.17, 15) is 0 Å². The quantitative estimate of drug-likeness (QED) is 0.622. The fourth-order valence-corrected chi connectivity index (χ4v) is 2.03. The maximum atomic E-state index is 5.86. The van der Waals surface area contributed by atoms with Gasteiger partial charge in [0, 0.05) is 12.2 Å². The monoisotopic (exact) mass is 279 g/mol. The predicted octanol–water partition coefficient (Wildman–Crippen LogP) is 3.94. The van der Waals surface area contributed by atoms with Gasteiger partial charge in [0.05, 0.1) is 19.3 Å². The molecule has 0 saturated heterocycles.